The van der Waals surface area contributed by atoms with Crippen molar-refractivity contribution in [1.29, 1.82) is 0 Å². The Bertz CT molecular complexity index is 2150. The first kappa shape index (κ1) is 93.1. The Morgan fingerprint density at radius 2 is 0.775 bits per heavy atom. The zero-order valence-electron chi connectivity index (χ0n) is 54.8. The summed E-state index contributed by atoms with van der Waals surface area (Å²) in [5.74, 6) is 3.43. The van der Waals surface area contributed by atoms with Crippen LogP contribution in [-0.2, 0) is 62.7 Å². The molecule has 5 aliphatic rings. The Balaban J connectivity index is -0.000000503. The van der Waals surface area contributed by atoms with Crippen molar-refractivity contribution in [1.82, 2.24) is 0 Å². The monoisotopic (exact) mass is 1380 g/mol. The van der Waals surface area contributed by atoms with Crippen molar-refractivity contribution < 1.29 is 119 Å². The van der Waals surface area contributed by atoms with Crippen LogP contribution in [0.5, 0.6) is 0 Å². The number of carboxylic acid groups (broad SMARTS) is 1. The number of esters is 3. The molecule has 0 aromatic heterocycles. The van der Waals surface area contributed by atoms with Gasteiger partial charge >= 0.3 is 76.5 Å². The summed E-state index contributed by atoms with van der Waals surface area (Å²) in [6.45, 7) is 14.8. The van der Waals surface area contributed by atoms with Crippen molar-refractivity contribution in [3.8, 4) is 0 Å². The molecule has 3 aromatic rings. The second kappa shape index (κ2) is 53.0. The van der Waals surface area contributed by atoms with Crippen molar-refractivity contribution in [3.05, 3.63) is 121 Å². The number of aliphatic hydroxyl groups excluding tert-OH is 1. The van der Waals surface area contributed by atoms with Crippen LogP contribution in [0, 0.1) is 54.8 Å². The number of aliphatic carboxylic acids is 1. The Hall–Kier alpha value is -2.34. The molecule has 498 valence electrons. The van der Waals surface area contributed by atoms with Crippen molar-refractivity contribution in [2.45, 2.75) is 201 Å². The molecule has 0 unspecified atom stereocenters. The average molecular weight is 1380 g/mol. The quantitative estimate of drug-likeness (QED) is 0.0193. The fraction of sp³-hybridized carbons (Fsp3) is 0.642. The average Bonchev–Trinajstić information content (AvgIpc) is 4.12. The molecule has 1 heterocycles. The topological polar surface area (TPSA) is 243 Å². The maximum atomic E-state index is 13.9. The van der Waals surface area contributed by atoms with Gasteiger partial charge in [-0.1, -0.05) is 91.0 Å². The molecule has 89 heavy (non-hydrogen) atoms. The molecule has 3 aromatic carbocycles. The summed E-state index contributed by atoms with van der Waals surface area (Å²) in [4.78, 5) is 57.9. The second-order valence-electron chi connectivity index (χ2n) is 23.7. The third-order valence-corrected chi connectivity index (χ3v) is 16.3. The second-order valence-corrected chi connectivity index (χ2v) is 24.5. The van der Waals surface area contributed by atoms with Crippen LogP contribution in [0.2, 0.25) is 0 Å². The SMILES string of the molecule is C1CCOC1.CC(=O)C1CCC(C(=O)OCc2ccccc2)CC1.CC(C)(F)C1CCC(C(=O)O)CC1.CC(C)(F)C1CCC(C(=O)OCc2ccccc2)CC1.CC(C)(O)C1CCC(C(=O)OCc2ccccc2)CC1.CO.ClCCl.N[N-]O.[Br-].[CH3-].[Mg+2].[Na+]. The van der Waals surface area contributed by atoms with Gasteiger partial charge in [0.05, 0.1) is 34.6 Å². The number of Topliss-reactive ketones (excluding diaryl/α,β-unsaturated/α-hetero) is 1. The fourth-order valence-electron chi connectivity index (χ4n) is 10.9. The molecular formula is C67H104BrCl2F2MgN2NaO13. The first-order chi connectivity index (χ1) is 40.3. The van der Waals surface area contributed by atoms with E-state index in [1.165, 1.54) is 12.8 Å². The van der Waals surface area contributed by atoms with Gasteiger partial charge in [0.2, 0.25) is 0 Å². The molecule has 6 N–H and O–H groups in total. The van der Waals surface area contributed by atoms with Crippen LogP contribution in [0.25, 0.3) is 5.59 Å². The molecule has 4 saturated carbocycles. The van der Waals surface area contributed by atoms with Crippen LogP contribution in [0.15, 0.2) is 91.0 Å². The van der Waals surface area contributed by atoms with E-state index in [4.69, 9.17) is 57.6 Å². The molecule has 0 spiro atoms. The number of halogens is 5. The van der Waals surface area contributed by atoms with E-state index in [2.05, 4.69) is 5.84 Å². The number of carbonyl (C=O) groups excluding carboxylic acids is 4. The van der Waals surface area contributed by atoms with Crippen molar-refractivity contribution in [2.24, 2.45) is 53.2 Å². The van der Waals surface area contributed by atoms with Gasteiger partial charge in [-0.2, -0.15) is 0 Å². The van der Waals surface area contributed by atoms with Gasteiger partial charge in [-0.05, 0) is 198 Å². The fourth-order valence-corrected chi connectivity index (χ4v) is 10.9. The molecule has 0 atom stereocenters. The van der Waals surface area contributed by atoms with E-state index in [1.54, 1.807) is 34.6 Å². The van der Waals surface area contributed by atoms with E-state index < -0.39 is 22.9 Å². The number of hydrogen-bond acceptors (Lipinski definition) is 13. The number of nitrogens with two attached hydrogens (primary N) is 1. The number of carboxylic acids is 1. The van der Waals surface area contributed by atoms with Crippen LogP contribution in [0.3, 0.4) is 0 Å². The zero-order valence-corrected chi connectivity index (χ0v) is 61.3. The maximum absolute atomic E-state index is 13.9. The van der Waals surface area contributed by atoms with E-state index in [-0.39, 0.29) is 147 Å². The zero-order chi connectivity index (χ0) is 63.9. The van der Waals surface area contributed by atoms with E-state index in [0.717, 1.165) is 114 Å². The molecule has 0 amide bonds. The van der Waals surface area contributed by atoms with Crippen molar-refractivity contribution >= 4 is 75.9 Å². The summed E-state index contributed by atoms with van der Waals surface area (Å²) in [7, 11) is 1.00. The summed E-state index contributed by atoms with van der Waals surface area (Å²) < 4.78 is 48.3. The van der Waals surface area contributed by atoms with Crippen LogP contribution < -0.4 is 52.4 Å². The molecule has 1 saturated heterocycles. The van der Waals surface area contributed by atoms with E-state index >= 15 is 0 Å². The number of ketones is 1. The smallest absolute Gasteiger partial charge is 1.00 e. The molecule has 0 bridgehead atoms. The van der Waals surface area contributed by atoms with Crippen molar-refractivity contribution in [3.63, 3.8) is 0 Å². The summed E-state index contributed by atoms with van der Waals surface area (Å²) in [5, 5.41) is 32.9. The van der Waals surface area contributed by atoms with E-state index in [9.17, 15) is 37.9 Å². The van der Waals surface area contributed by atoms with Crippen LogP contribution in [0.1, 0.15) is 181 Å². The number of hydrogen-bond donors (Lipinski definition) is 5. The standard InChI is InChI=1S/C17H23FO2.C17H24O3.C16H20O3.C10H17FO2.C4H8O.CH2Cl2.CH4O.CH3.BrH.Mg.H3N2O.Na/c1-17(2,18)15-10-8-14(9-11-15)16(19)20-12-13-6-4-3-5-7-13;1-17(2,19)15-10-8-14(9-11-15)16(18)20-12-13-6-4-3-5-7-13;1-12(17)14-7-9-15(10-8-14)16(18)19-11-13-5-3-2-4-6-13;1-10(2,11)8-5-3-7(4-6-8)9(12)13;1-2-4-5-3-1;2-1-3;1-2;;;;1-2-3;/h3-7,14-15H,8-12H2,1-2H3;3-7,14-15,19H,8-12H2,1-2H3;2-6,14-15H,7-11H2,1H3;7-8H,3-6H2,1-2H3,(H,12,13);1-4H2;1H2;2H,1H3;1H3;1H;;3H,1H2;/q;;;;;;;-1;;+2;-1;+1/p-1. The van der Waals surface area contributed by atoms with Gasteiger partial charge in [0.1, 0.15) is 36.9 Å². The van der Waals surface area contributed by atoms with Crippen LogP contribution in [-0.4, -0.2) is 116 Å². The van der Waals surface area contributed by atoms with Crippen LogP contribution in [0.4, 0.5) is 8.78 Å². The largest absolute Gasteiger partial charge is 2.00 e. The first-order valence-electron chi connectivity index (χ1n) is 30.0. The summed E-state index contributed by atoms with van der Waals surface area (Å²) in [6.07, 6.45) is 14.9. The molecule has 4 aliphatic carbocycles. The number of rotatable bonds is 14. The van der Waals surface area contributed by atoms with Gasteiger partial charge in [-0.3, -0.25) is 24.0 Å². The number of ether oxygens (including phenoxy) is 4. The number of aliphatic hydroxyl groups is 2. The molecule has 15 nitrogen and oxygen atoms in total. The predicted molar refractivity (Wildman–Crippen MR) is 342 cm³/mol. The summed E-state index contributed by atoms with van der Waals surface area (Å²) in [6, 6.07) is 29.1. The Morgan fingerprint density at radius 3 is 0.989 bits per heavy atom. The molecule has 8 rings (SSSR count). The van der Waals surface area contributed by atoms with Crippen molar-refractivity contribution in [2.75, 3.05) is 25.7 Å². The number of nitrogens with zero attached hydrogens (tertiary/aromatic N) is 1. The van der Waals surface area contributed by atoms with Crippen LogP contribution >= 0.6 is 23.2 Å². The number of benzene rings is 3. The molecule has 5 fully saturated rings. The minimum absolute atomic E-state index is 0. The van der Waals surface area contributed by atoms with Gasteiger partial charge in [-0.15, -0.1) is 23.2 Å². The van der Waals surface area contributed by atoms with Gasteiger partial charge in [0.15, 0.2) is 0 Å². The summed E-state index contributed by atoms with van der Waals surface area (Å²) >= 11 is 9.53. The Morgan fingerprint density at radius 1 is 0.539 bits per heavy atom. The van der Waals surface area contributed by atoms with E-state index in [1.807, 2.05) is 110 Å². The molecule has 1 aliphatic heterocycles. The van der Waals surface area contributed by atoms with Gasteiger partial charge < -0.3 is 75.3 Å². The summed E-state index contributed by atoms with van der Waals surface area (Å²) in [5.41, 5.74) is 2.10. The third-order valence-electron chi connectivity index (χ3n) is 16.3. The predicted octanol–water partition coefficient (Wildman–Crippen LogP) is 8.87. The minimum atomic E-state index is -1.15. The molecule has 22 heteroatoms. The van der Waals surface area contributed by atoms with Gasteiger partial charge in [0.25, 0.3) is 0 Å². The molecule has 0 radical (unpaired) electrons. The van der Waals surface area contributed by atoms with E-state index in [0.29, 0.717) is 51.4 Å². The third kappa shape index (κ3) is 41.9. The van der Waals surface area contributed by atoms with Gasteiger partial charge in [-0.25, -0.2) is 8.78 Å². The Labute approximate surface area is 590 Å². The Kier molecular flexibility index (Phi) is 55.4. The maximum Gasteiger partial charge on any atom is 2.00 e. The van der Waals surface area contributed by atoms with Gasteiger partial charge in [0, 0.05) is 26.2 Å². The number of carbonyl (C=O) groups is 5. The molecular weight excluding hydrogens is 1280 g/mol. The normalized spacial score (nSPS) is 21.6. The first-order valence-corrected chi connectivity index (χ1v) is 31.0. The minimum Gasteiger partial charge on any atom is -1.00 e. The number of alkyl halides is 4.